The Morgan fingerprint density at radius 1 is 1.15 bits per heavy atom. The Kier molecular flexibility index (Phi) is 10.2. The van der Waals surface area contributed by atoms with Crippen molar-refractivity contribution in [1.82, 2.24) is 20.5 Å². The van der Waals surface area contributed by atoms with Gasteiger partial charge >= 0.3 is 0 Å². The number of benzene rings is 1. The van der Waals surface area contributed by atoms with E-state index in [4.69, 9.17) is 9.73 Å². The Morgan fingerprint density at radius 2 is 1.91 bits per heavy atom. The van der Waals surface area contributed by atoms with Crippen LogP contribution in [0.25, 0.3) is 0 Å². The first-order valence-electron chi connectivity index (χ1n) is 12.1. The summed E-state index contributed by atoms with van der Waals surface area (Å²) in [7, 11) is 0. The summed E-state index contributed by atoms with van der Waals surface area (Å²) in [6.45, 7) is 8.86. The predicted molar refractivity (Wildman–Crippen MR) is 145 cm³/mol. The number of piperidine rings is 1. The number of likely N-dealkylation sites (tertiary alicyclic amines) is 1. The van der Waals surface area contributed by atoms with Gasteiger partial charge in [0.15, 0.2) is 5.96 Å². The van der Waals surface area contributed by atoms with Gasteiger partial charge in [0, 0.05) is 44.0 Å². The second-order valence-corrected chi connectivity index (χ2v) is 8.99. The highest BCUT2D eigenvalue weighted by Gasteiger charge is 2.24. The lowest BCUT2D eigenvalue weighted by Gasteiger charge is -2.37. The quantitative estimate of drug-likeness (QED) is 0.262. The van der Waals surface area contributed by atoms with E-state index < -0.39 is 0 Å². The van der Waals surface area contributed by atoms with Crippen molar-refractivity contribution in [2.75, 3.05) is 26.2 Å². The number of ether oxygens (including phenoxy) is 1. The van der Waals surface area contributed by atoms with Crippen LogP contribution in [0.5, 0.6) is 5.88 Å². The van der Waals surface area contributed by atoms with Gasteiger partial charge in [0.05, 0.1) is 13.2 Å². The third-order valence-corrected chi connectivity index (χ3v) is 6.43. The Hall–Kier alpha value is -1.87. The van der Waals surface area contributed by atoms with Crippen LogP contribution in [-0.4, -0.2) is 48.1 Å². The van der Waals surface area contributed by atoms with E-state index in [0.29, 0.717) is 24.5 Å². The van der Waals surface area contributed by atoms with Gasteiger partial charge in [0.2, 0.25) is 5.88 Å². The molecule has 0 bridgehead atoms. The molecule has 2 aromatic rings. The summed E-state index contributed by atoms with van der Waals surface area (Å²) in [6.07, 6.45) is 6.63. The van der Waals surface area contributed by atoms with Crippen molar-refractivity contribution < 1.29 is 4.74 Å². The van der Waals surface area contributed by atoms with E-state index >= 15 is 0 Å². The molecule has 0 amide bonds. The topological polar surface area (TPSA) is 61.8 Å². The SMILES string of the molecule is CCNC(=NCc1ccnc(OCC2CC2)c1)NC1CCN(C(C)c2ccccc2)CC1.I. The summed E-state index contributed by atoms with van der Waals surface area (Å²) in [5.74, 6) is 2.33. The smallest absolute Gasteiger partial charge is 0.213 e. The molecule has 2 heterocycles. The molecule has 1 aromatic carbocycles. The van der Waals surface area contributed by atoms with Gasteiger partial charge in [-0.05, 0) is 62.6 Å². The average Bonchev–Trinajstić information content (AvgIpc) is 3.67. The molecule has 1 saturated heterocycles. The van der Waals surface area contributed by atoms with Crippen LogP contribution in [0, 0.1) is 5.92 Å². The largest absolute Gasteiger partial charge is 0.477 e. The van der Waals surface area contributed by atoms with Gasteiger partial charge in [-0.25, -0.2) is 9.98 Å². The maximum atomic E-state index is 5.81. The molecule has 2 fully saturated rings. The number of aromatic nitrogens is 1. The summed E-state index contributed by atoms with van der Waals surface area (Å²) in [5, 5.41) is 7.06. The zero-order valence-corrected chi connectivity index (χ0v) is 22.2. The molecule has 1 aliphatic heterocycles. The van der Waals surface area contributed by atoms with Crippen molar-refractivity contribution in [3.05, 3.63) is 59.8 Å². The second-order valence-electron chi connectivity index (χ2n) is 8.99. The molecule has 4 rings (SSSR count). The van der Waals surface area contributed by atoms with Gasteiger partial charge in [0.25, 0.3) is 0 Å². The van der Waals surface area contributed by atoms with Crippen molar-refractivity contribution in [2.45, 2.75) is 58.2 Å². The van der Waals surface area contributed by atoms with Gasteiger partial charge in [-0.1, -0.05) is 30.3 Å². The number of nitrogens with one attached hydrogen (secondary N) is 2. The van der Waals surface area contributed by atoms with Crippen LogP contribution in [0.1, 0.15) is 56.7 Å². The second kappa shape index (κ2) is 13.1. The molecule has 0 spiro atoms. The number of hydrogen-bond acceptors (Lipinski definition) is 4. The molecule has 2 N–H and O–H groups in total. The molecule has 1 unspecified atom stereocenters. The zero-order chi connectivity index (χ0) is 22.2. The summed E-state index contributed by atoms with van der Waals surface area (Å²) < 4.78 is 5.81. The Labute approximate surface area is 215 Å². The standard InChI is InChI=1S/C26H37N5O.HI/c1-3-27-26(29-18-22-11-14-28-25(17-22)32-19-21-9-10-21)30-24-12-15-31(16-13-24)20(2)23-7-5-4-6-8-23;/h4-8,11,14,17,20-21,24H,3,9-10,12-13,15-16,18-19H2,1-2H3,(H2,27,29,30);1H. The Morgan fingerprint density at radius 3 is 2.61 bits per heavy atom. The van der Waals surface area contributed by atoms with Gasteiger partial charge < -0.3 is 15.4 Å². The van der Waals surface area contributed by atoms with Gasteiger partial charge in [-0.15, -0.1) is 24.0 Å². The monoisotopic (exact) mass is 563 g/mol. The highest BCUT2D eigenvalue weighted by atomic mass is 127. The Bertz CT molecular complexity index is 866. The van der Waals surface area contributed by atoms with E-state index in [1.807, 2.05) is 18.3 Å². The summed E-state index contributed by atoms with van der Waals surface area (Å²) in [5.41, 5.74) is 2.51. The number of guanidine groups is 1. The molecule has 180 valence electrons. The summed E-state index contributed by atoms with van der Waals surface area (Å²) >= 11 is 0. The number of hydrogen-bond donors (Lipinski definition) is 2. The molecular weight excluding hydrogens is 525 g/mol. The first-order valence-corrected chi connectivity index (χ1v) is 12.1. The van der Waals surface area contributed by atoms with E-state index in [1.54, 1.807) is 0 Å². The third kappa shape index (κ3) is 8.14. The molecule has 7 heteroatoms. The normalized spacial score (nSPS) is 18.3. The number of rotatable bonds is 9. The van der Waals surface area contributed by atoms with E-state index in [1.165, 1.54) is 18.4 Å². The minimum atomic E-state index is 0. The maximum absolute atomic E-state index is 5.81. The number of pyridine rings is 1. The maximum Gasteiger partial charge on any atom is 0.213 e. The first-order chi connectivity index (χ1) is 15.7. The minimum absolute atomic E-state index is 0. The van der Waals surface area contributed by atoms with Crippen LogP contribution in [0.4, 0.5) is 0 Å². The Balaban J connectivity index is 0.00000306. The zero-order valence-electron chi connectivity index (χ0n) is 19.9. The van der Waals surface area contributed by atoms with Gasteiger partial charge in [-0.3, -0.25) is 4.90 Å². The van der Waals surface area contributed by atoms with E-state index in [2.05, 4.69) is 64.7 Å². The van der Waals surface area contributed by atoms with Crippen molar-refractivity contribution in [2.24, 2.45) is 10.9 Å². The van der Waals surface area contributed by atoms with Crippen LogP contribution in [0.3, 0.4) is 0 Å². The molecule has 1 atom stereocenters. The van der Waals surface area contributed by atoms with Crippen molar-refractivity contribution in [1.29, 1.82) is 0 Å². The fourth-order valence-electron chi connectivity index (χ4n) is 4.17. The molecule has 6 nitrogen and oxygen atoms in total. The molecule has 1 saturated carbocycles. The summed E-state index contributed by atoms with van der Waals surface area (Å²) in [4.78, 5) is 11.7. The fourth-order valence-corrected chi connectivity index (χ4v) is 4.17. The fraction of sp³-hybridized carbons (Fsp3) is 0.538. The molecule has 0 radical (unpaired) electrons. The predicted octanol–water partition coefficient (Wildman–Crippen LogP) is 4.77. The van der Waals surface area contributed by atoms with Crippen LogP contribution in [-0.2, 0) is 6.54 Å². The first kappa shape index (κ1) is 25.7. The van der Waals surface area contributed by atoms with Crippen molar-refractivity contribution in [3.8, 4) is 5.88 Å². The molecular formula is C26H38IN5O. The van der Waals surface area contributed by atoms with Crippen LogP contribution >= 0.6 is 24.0 Å². The van der Waals surface area contributed by atoms with Gasteiger partial charge in [-0.2, -0.15) is 0 Å². The lowest BCUT2D eigenvalue weighted by atomic mass is 10.0. The number of halogens is 1. The third-order valence-electron chi connectivity index (χ3n) is 6.43. The highest BCUT2D eigenvalue weighted by Crippen LogP contribution is 2.29. The van der Waals surface area contributed by atoms with E-state index in [9.17, 15) is 0 Å². The minimum Gasteiger partial charge on any atom is -0.477 e. The average molecular weight is 564 g/mol. The van der Waals surface area contributed by atoms with E-state index in [0.717, 1.165) is 56.5 Å². The molecule has 33 heavy (non-hydrogen) atoms. The van der Waals surface area contributed by atoms with Crippen molar-refractivity contribution >= 4 is 29.9 Å². The summed E-state index contributed by atoms with van der Waals surface area (Å²) in [6, 6.07) is 15.7. The van der Waals surface area contributed by atoms with Crippen molar-refractivity contribution in [3.63, 3.8) is 0 Å². The van der Waals surface area contributed by atoms with E-state index in [-0.39, 0.29) is 24.0 Å². The lowest BCUT2D eigenvalue weighted by molar-refractivity contribution is 0.158. The molecule has 2 aliphatic rings. The highest BCUT2D eigenvalue weighted by molar-refractivity contribution is 14.0. The molecule has 1 aliphatic carbocycles. The van der Waals surface area contributed by atoms with Crippen LogP contribution in [0.15, 0.2) is 53.7 Å². The number of nitrogens with zero attached hydrogens (tertiary/aromatic N) is 3. The van der Waals surface area contributed by atoms with Crippen LogP contribution < -0.4 is 15.4 Å². The lowest BCUT2D eigenvalue weighted by Crippen LogP contribution is -2.49. The van der Waals surface area contributed by atoms with Crippen LogP contribution in [0.2, 0.25) is 0 Å². The number of aliphatic imine (C=N–C) groups is 1. The van der Waals surface area contributed by atoms with Gasteiger partial charge in [0.1, 0.15) is 0 Å². The molecule has 1 aromatic heterocycles.